The lowest BCUT2D eigenvalue weighted by molar-refractivity contribution is -0.0630. The zero-order valence-corrected chi connectivity index (χ0v) is 14.3. The predicted octanol–water partition coefficient (Wildman–Crippen LogP) is 1.83. The number of aliphatic hydroxyl groups excluding tert-OH is 1. The lowest BCUT2D eigenvalue weighted by Gasteiger charge is -2.39. The molecule has 1 N–H and O–H groups in total. The normalized spacial score (nSPS) is 33.0. The third kappa shape index (κ3) is 5.85. The van der Waals surface area contributed by atoms with Gasteiger partial charge in [-0.1, -0.05) is 20.8 Å². The minimum Gasteiger partial charge on any atom is -0.389 e. The summed E-state index contributed by atoms with van der Waals surface area (Å²) >= 11 is 0. The first kappa shape index (κ1) is 17.2. The van der Waals surface area contributed by atoms with Gasteiger partial charge in [0, 0.05) is 32.7 Å². The van der Waals surface area contributed by atoms with Crippen molar-refractivity contribution in [2.75, 3.05) is 46.4 Å². The van der Waals surface area contributed by atoms with E-state index in [0.717, 1.165) is 51.5 Å². The highest BCUT2D eigenvalue weighted by Gasteiger charge is 2.32. The molecule has 1 aliphatic carbocycles. The zero-order valence-electron chi connectivity index (χ0n) is 14.3. The number of nitrogens with zero attached hydrogens (tertiary/aromatic N) is 2. The van der Waals surface area contributed by atoms with Crippen molar-refractivity contribution in [2.24, 2.45) is 11.3 Å². The second kappa shape index (κ2) is 7.40. The molecule has 2 fully saturated rings. The van der Waals surface area contributed by atoms with Crippen molar-refractivity contribution in [1.82, 2.24) is 9.80 Å². The Morgan fingerprint density at radius 3 is 2.48 bits per heavy atom. The number of rotatable bonds is 5. The second-order valence-corrected chi connectivity index (χ2v) is 8.13. The molecule has 3 atom stereocenters. The number of ether oxygens (including phenoxy) is 1. The van der Waals surface area contributed by atoms with Crippen LogP contribution in [0.3, 0.4) is 0 Å². The van der Waals surface area contributed by atoms with Crippen LogP contribution >= 0.6 is 0 Å². The highest BCUT2D eigenvalue weighted by Crippen LogP contribution is 2.39. The first-order valence-electron chi connectivity index (χ1n) is 8.54. The van der Waals surface area contributed by atoms with E-state index in [4.69, 9.17) is 4.74 Å². The molecule has 0 radical (unpaired) electrons. The van der Waals surface area contributed by atoms with Crippen molar-refractivity contribution in [1.29, 1.82) is 0 Å². The Balaban J connectivity index is 1.67. The molecule has 4 heteroatoms. The maximum absolute atomic E-state index is 10.2. The Morgan fingerprint density at radius 2 is 1.86 bits per heavy atom. The van der Waals surface area contributed by atoms with Crippen LogP contribution in [0.1, 0.15) is 40.0 Å². The molecule has 0 spiro atoms. The lowest BCUT2D eigenvalue weighted by atomic mass is 9.71. The number of aliphatic hydroxyl groups is 1. The van der Waals surface area contributed by atoms with Crippen LogP contribution in [0, 0.1) is 11.3 Å². The van der Waals surface area contributed by atoms with Gasteiger partial charge in [0.25, 0.3) is 0 Å². The molecule has 0 bridgehead atoms. The van der Waals surface area contributed by atoms with Crippen LogP contribution in [0.5, 0.6) is 0 Å². The minimum atomic E-state index is -0.353. The molecule has 1 saturated carbocycles. The van der Waals surface area contributed by atoms with Crippen molar-refractivity contribution in [3.05, 3.63) is 0 Å². The van der Waals surface area contributed by atoms with E-state index < -0.39 is 0 Å². The lowest BCUT2D eigenvalue weighted by Crippen LogP contribution is -2.47. The topological polar surface area (TPSA) is 35.9 Å². The third-order valence-corrected chi connectivity index (χ3v) is 4.94. The van der Waals surface area contributed by atoms with E-state index in [2.05, 4.69) is 37.6 Å². The molecule has 0 aromatic rings. The summed E-state index contributed by atoms with van der Waals surface area (Å²) in [7, 11) is 2.16. The summed E-state index contributed by atoms with van der Waals surface area (Å²) < 4.78 is 6.03. The quantitative estimate of drug-likeness (QED) is 0.840. The highest BCUT2D eigenvalue weighted by molar-refractivity contribution is 4.83. The van der Waals surface area contributed by atoms with E-state index in [1.807, 2.05) is 0 Å². The second-order valence-electron chi connectivity index (χ2n) is 8.13. The van der Waals surface area contributed by atoms with Crippen molar-refractivity contribution in [2.45, 2.75) is 52.2 Å². The standard InChI is InChI=1S/C17H34N2O2/c1-14-9-16(11-17(2,3)10-14)21-13-15(20)12-19-7-5-18(4)6-8-19/h14-16,20H,5-13H2,1-4H3/t14-,15+,16+/m1/s1. The van der Waals surface area contributed by atoms with Gasteiger partial charge in [0.1, 0.15) is 0 Å². The third-order valence-electron chi connectivity index (χ3n) is 4.94. The average molecular weight is 298 g/mol. The minimum absolute atomic E-state index is 0.325. The van der Waals surface area contributed by atoms with Gasteiger partial charge in [-0.2, -0.15) is 0 Å². The summed E-state index contributed by atoms with van der Waals surface area (Å²) in [6.45, 7) is 12.5. The van der Waals surface area contributed by atoms with Crippen LogP contribution in [-0.4, -0.2) is 73.5 Å². The van der Waals surface area contributed by atoms with Crippen molar-refractivity contribution >= 4 is 0 Å². The summed E-state index contributed by atoms with van der Waals surface area (Å²) in [5.41, 5.74) is 0.380. The monoisotopic (exact) mass is 298 g/mol. The molecule has 2 aliphatic rings. The van der Waals surface area contributed by atoms with Crippen molar-refractivity contribution in [3.63, 3.8) is 0 Å². The summed E-state index contributed by atoms with van der Waals surface area (Å²) in [6, 6.07) is 0. The molecule has 0 unspecified atom stereocenters. The maximum atomic E-state index is 10.2. The van der Waals surface area contributed by atoms with Crippen LogP contribution in [0.4, 0.5) is 0 Å². The highest BCUT2D eigenvalue weighted by atomic mass is 16.5. The Morgan fingerprint density at radius 1 is 1.19 bits per heavy atom. The Labute approximate surface area is 130 Å². The van der Waals surface area contributed by atoms with E-state index in [-0.39, 0.29) is 6.10 Å². The number of piperazine rings is 1. The van der Waals surface area contributed by atoms with Gasteiger partial charge < -0.3 is 14.7 Å². The van der Waals surface area contributed by atoms with Gasteiger partial charge in [0.15, 0.2) is 0 Å². The molecule has 0 amide bonds. The molecule has 124 valence electrons. The Kier molecular flexibility index (Phi) is 6.06. The van der Waals surface area contributed by atoms with Gasteiger partial charge in [-0.05, 0) is 37.6 Å². The van der Waals surface area contributed by atoms with Gasteiger partial charge >= 0.3 is 0 Å². The average Bonchev–Trinajstić information content (AvgIpc) is 2.37. The zero-order chi connectivity index (χ0) is 15.5. The van der Waals surface area contributed by atoms with E-state index in [1.165, 1.54) is 6.42 Å². The fraction of sp³-hybridized carbons (Fsp3) is 1.00. The first-order valence-corrected chi connectivity index (χ1v) is 8.54. The molecule has 2 rings (SSSR count). The molecule has 4 nitrogen and oxygen atoms in total. The SMILES string of the molecule is C[C@@H]1C[C@H](OC[C@@H](O)CN2CCN(C)CC2)CC(C)(C)C1. The summed E-state index contributed by atoms with van der Waals surface area (Å²) in [5.74, 6) is 0.730. The smallest absolute Gasteiger partial charge is 0.0900 e. The van der Waals surface area contributed by atoms with Gasteiger partial charge in [0.05, 0.1) is 18.8 Å². The Bertz CT molecular complexity index is 314. The summed E-state index contributed by atoms with van der Waals surface area (Å²) in [6.07, 6.45) is 3.53. The molecule has 1 heterocycles. The van der Waals surface area contributed by atoms with Crippen molar-refractivity contribution < 1.29 is 9.84 Å². The number of hydrogen-bond donors (Lipinski definition) is 1. The van der Waals surface area contributed by atoms with E-state index in [0.29, 0.717) is 18.1 Å². The number of likely N-dealkylation sites (N-methyl/N-ethyl adjacent to an activating group) is 1. The number of hydrogen-bond acceptors (Lipinski definition) is 4. The molecule has 0 aromatic heterocycles. The maximum Gasteiger partial charge on any atom is 0.0900 e. The molecule has 1 saturated heterocycles. The van der Waals surface area contributed by atoms with E-state index in [1.54, 1.807) is 0 Å². The molecule has 21 heavy (non-hydrogen) atoms. The fourth-order valence-electron chi connectivity index (χ4n) is 4.01. The molecule has 1 aliphatic heterocycles. The van der Waals surface area contributed by atoms with Gasteiger partial charge in [-0.25, -0.2) is 0 Å². The predicted molar refractivity (Wildman–Crippen MR) is 86.5 cm³/mol. The number of β-amino-alcohol motifs (C(OH)–C–C–N with tert-alkyl or cyclic N) is 1. The summed E-state index contributed by atoms with van der Waals surface area (Å²) in [5, 5.41) is 10.2. The van der Waals surface area contributed by atoms with Gasteiger partial charge in [-0.3, -0.25) is 4.90 Å². The molecular weight excluding hydrogens is 264 g/mol. The largest absolute Gasteiger partial charge is 0.389 e. The first-order chi connectivity index (χ1) is 9.84. The van der Waals surface area contributed by atoms with Crippen LogP contribution in [0.15, 0.2) is 0 Å². The van der Waals surface area contributed by atoms with E-state index >= 15 is 0 Å². The van der Waals surface area contributed by atoms with Crippen LogP contribution in [0.25, 0.3) is 0 Å². The molecular formula is C17H34N2O2. The van der Waals surface area contributed by atoms with Crippen LogP contribution in [0.2, 0.25) is 0 Å². The Hall–Kier alpha value is -0.160. The summed E-state index contributed by atoms with van der Waals surface area (Å²) in [4.78, 5) is 4.69. The van der Waals surface area contributed by atoms with Gasteiger partial charge in [-0.15, -0.1) is 0 Å². The van der Waals surface area contributed by atoms with E-state index in [9.17, 15) is 5.11 Å². The van der Waals surface area contributed by atoms with Crippen LogP contribution in [-0.2, 0) is 4.74 Å². The molecule has 0 aromatic carbocycles. The van der Waals surface area contributed by atoms with Gasteiger partial charge in [0.2, 0.25) is 0 Å². The fourth-order valence-corrected chi connectivity index (χ4v) is 4.01. The van der Waals surface area contributed by atoms with Crippen LogP contribution < -0.4 is 0 Å². The van der Waals surface area contributed by atoms with Crippen molar-refractivity contribution in [3.8, 4) is 0 Å².